The molecule has 0 aliphatic carbocycles. The number of rotatable bonds is 4. The van der Waals surface area contributed by atoms with Gasteiger partial charge in [-0.15, -0.1) is 0 Å². The first kappa shape index (κ1) is 19.9. The predicted octanol–water partition coefficient (Wildman–Crippen LogP) is 3.70. The maximum Gasteiger partial charge on any atom is 0.264 e. The van der Waals surface area contributed by atoms with Gasteiger partial charge in [0.15, 0.2) is 6.61 Å². The van der Waals surface area contributed by atoms with E-state index < -0.39 is 0 Å². The highest BCUT2D eigenvalue weighted by atomic mass is 16.5. The van der Waals surface area contributed by atoms with E-state index in [9.17, 15) is 4.79 Å². The molecular weight excluding hydrogens is 390 g/mol. The van der Waals surface area contributed by atoms with Crippen molar-refractivity contribution in [2.45, 2.75) is 45.2 Å². The van der Waals surface area contributed by atoms with Crippen molar-refractivity contribution in [3.63, 3.8) is 0 Å². The number of carbonyl (C=O) groups excluding carboxylic acids is 1. The second kappa shape index (κ2) is 7.89. The minimum Gasteiger partial charge on any atom is -0.482 e. The van der Waals surface area contributed by atoms with Gasteiger partial charge in [-0.05, 0) is 56.1 Å². The van der Waals surface area contributed by atoms with Crippen molar-refractivity contribution in [2.75, 3.05) is 30.8 Å². The molecule has 0 bridgehead atoms. The molecular formula is C24H29N5O2. The van der Waals surface area contributed by atoms with Crippen LogP contribution in [0, 0.1) is 0 Å². The molecule has 1 aromatic carbocycles. The molecule has 1 fully saturated rings. The molecule has 2 aliphatic heterocycles. The number of fused-ring (bicyclic) bond motifs is 2. The van der Waals surface area contributed by atoms with Gasteiger partial charge in [-0.1, -0.05) is 13.3 Å². The highest BCUT2D eigenvalue weighted by molar-refractivity contribution is 5.98. The molecule has 7 heteroatoms. The summed E-state index contributed by atoms with van der Waals surface area (Å²) < 4.78 is 7.73. The fourth-order valence-corrected chi connectivity index (χ4v) is 4.83. The molecule has 2 N–H and O–H groups in total. The lowest BCUT2D eigenvalue weighted by molar-refractivity contribution is -0.120. The topological polar surface area (TPSA) is 76.1 Å². The van der Waals surface area contributed by atoms with Crippen LogP contribution in [0.2, 0.25) is 0 Å². The van der Waals surface area contributed by atoms with Crippen LogP contribution in [-0.4, -0.2) is 46.4 Å². The minimum absolute atomic E-state index is 0.0493. The van der Waals surface area contributed by atoms with Gasteiger partial charge in [-0.2, -0.15) is 0 Å². The molecule has 31 heavy (non-hydrogen) atoms. The number of benzene rings is 1. The third-order valence-electron chi connectivity index (χ3n) is 6.63. The van der Waals surface area contributed by atoms with Crippen molar-refractivity contribution in [1.82, 2.24) is 14.3 Å². The van der Waals surface area contributed by atoms with Crippen LogP contribution in [0.4, 0.5) is 11.4 Å². The average molecular weight is 420 g/mol. The van der Waals surface area contributed by atoms with Crippen LogP contribution in [0.25, 0.3) is 16.9 Å². The van der Waals surface area contributed by atoms with Gasteiger partial charge < -0.3 is 19.8 Å². The zero-order valence-corrected chi connectivity index (χ0v) is 18.2. The number of carbonyl (C=O) groups is 1. The summed E-state index contributed by atoms with van der Waals surface area (Å²) in [6.45, 7) is 4.27. The van der Waals surface area contributed by atoms with E-state index in [1.54, 1.807) is 11.9 Å². The number of likely N-dealkylation sites (tertiary alicyclic amines) is 1. The second-order valence-electron chi connectivity index (χ2n) is 8.55. The number of piperidine rings is 1. The zero-order valence-electron chi connectivity index (χ0n) is 18.2. The Morgan fingerprint density at radius 3 is 2.94 bits per heavy atom. The van der Waals surface area contributed by atoms with Gasteiger partial charge in [-0.3, -0.25) is 9.69 Å². The highest BCUT2D eigenvalue weighted by Crippen LogP contribution is 2.37. The lowest BCUT2D eigenvalue weighted by atomic mass is 9.99. The number of hydrogen-bond donors (Lipinski definition) is 1. The van der Waals surface area contributed by atoms with E-state index in [-0.39, 0.29) is 12.5 Å². The Kier molecular flexibility index (Phi) is 5.06. The fourth-order valence-electron chi connectivity index (χ4n) is 4.83. The highest BCUT2D eigenvalue weighted by Gasteiger charge is 2.26. The minimum atomic E-state index is -0.0493. The number of pyridine rings is 1. The monoisotopic (exact) mass is 419 g/mol. The van der Waals surface area contributed by atoms with Gasteiger partial charge in [0.2, 0.25) is 0 Å². The van der Waals surface area contributed by atoms with E-state index in [1.165, 1.54) is 19.3 Å². The van der Waals surface area contributed by atoms with Gasteiger partial charge in [0, 0.05) is 37.1 Å². The second-order valence-corrected chi connectivity index (χ2v) is 8.55. The van der Waals surface area contributed by atoms with Crippen LogP contribution in [0.5, 0.6) is 5.75 Å². The number of amides is 1. The lowest BCUT2D eigenvalue weighted by Gasteiger charge is -2.35. The van der Waals surface area contributed by atoms with Crippen LogP contribution in [0.1, 0.15) is 38.3 Å². The molecule has 7 nitrogen and oxygen atoms in total. The summed E-state index contributed by atoms with van der Waals surface area (Å²) >= 11 is 0. The van der Waals surface area contributed by atoms with Crippen molar-refractivity contribution in [1.29, 1.82) is 0 Å². The Morgan fingerprint density at radius 1 is 1.23 bits per heavy atom. The summed E-state index contributed by atoms with van der Waals surface area (Å²) in [7, 11) is 1.79. The van der Waals surface area contributed by atoms with E-state index in [0.29, 0.717) is 11.7 Å². The third-order valence-corrected chi connectivity index (χ3v) is 6.63. The maximum absolute atomic E-state index is 12.1. The van der Waals surface area contributed by atoms with Gasteiger partial charge >= 0.3 is 0 Å². The first-order chi connectivity index (χ1) is 15.0. The number of ether oxygens (including phenoxy) is 1. The molecule has 0 saturated carbocycles. The molecule has 5 rings (SSSR count). The largest absolute Gasteiger partial charge is 0.482 e. The van der Waals surface area contributed by atoms with Crippen molar-refractivity contribution in [3.8, 4) is 17.0 Å². The zero-order chi connectivity index (χ0) is 21.5. The van der Waals surface area contributed by atoms with Crippen molar-refractivity contribution < 1.29 is 9.53 Å². The van der Waals surface area contributed by atoms with Crippen LogP contribution in [-0.2, 0) is 11.3 Å². The summed E-state index contributed by atoms with van der Waals surface area (Å²) in [4.78, 5) is 21.4. The van der Waals surface area contributed by atoms with Crippen molar-refractivity contribution in [3.05, 3.63) is 42.2 Å². The van der Waals surface area contributed by atoms with Crippen molar-refractivity contribution >= 4 is 22.9 Å². The Balaban J connectivity index is 1.62. The van der Waals surface area contributed by atoms with E-state index >= 15 is 0 Å². The number of anilines is 2. The molecule has 1 unspecified atom stereocenters. The first-order valence-corrected chi connectivity index (χ1v) is 11.1. The summed E-state index contributed by atoms with van der Waals surface area (Å²) in [5.41, 5.74) is 11.5. The Hall–Kier alpha value is -3.06. The molecule has 2 aromatic heterocycles. The standard InChI is InChI=1S/C24H29N5O2/c1-3-18-6-4-5-11-28(18)14-20-24(26-22-10-8-17(25)13-29(20)22)16-7-9-21-19(12-16)27(2)23(30)15-31-21/h7-10,12-13,18H,3-6,11,14-15,25H2,1-2H3. The van der Waals surface area contributed by atoms with Gasteiger partial charge in [0.05, 0.1) is 17.1 Å². The third kappa shape index (κ3) is 3.53. The number of nitrogen functional groups attached to an aromatic ring is 1. The quantitative estimate of drug-likeness (QED) is 0.698. The van der Waals surface area contributed by atoms with Gasteiger partial charge in [-0.25, -0.2) is 4.98 Å². The number of aromatic nitrogens is 2. The molecule has 1 amide bonds. The molecule has 162 valence electrons. The normalized spacial score (nSPS) is 19.5. The molecule has 2 aliphatic rings. The first-order valence-electron chi connectivity index (χ1n) is 11.1. The van der Waals surface area contributed by atoms with E-state index in [1.807, 2.05) is 36.5 Å². The number of nitrogens with two attached hydrogens (primary N) is 1. The molecule has 0 spiro atoms. The molecule has 1 atom stereocenters. The van der Waals surface area contributed by atoms with Crippen LogP contribution in [0.15, 0.2) is 36.5 Å². The summed E-state index contributed by atoms with van der Waals surface area (Å²) in [5, 5.41) is 0. The average Bonchev–Trinajstić information content (AvgIpc) is 3.14. The Morgan fingerprint density at radius 2 is 2.10 bits per heavy atom. The van der Waals surface area contributed by atoms with E-state index in [4.69, 9.17) is 15.5 Å². The van der Waals surface area contributed by atoms with Crippen LogP contribution < -0.4 is 15.4 Å². The predicted molar refractivity (Wildman–Crippen MR) is 122 cm³/mol. The summed E-state index contributed by atoms with van der Waals surface area (Å²) in [6, 6.07) is 10.4. The van der Waals surface area contributed by atoms with Crippen LogP contribution in [0.3, 0.4) is 0 Å². The number of hydrogen-bond acceptors (Lipinski definition) is 5. The number of imidazole rings is 1. The fraction of sp³-hybridized carbons (Fsp3) is 0.417. The number of nitrogens with zero attached hydrogens (tertiary/aromatic N) is 4. The molecule has 4 heterocycles. The SMILES string of the molecule is CCC1CCCCN1Cc1c(-c2ccc3c(c2)N(C)C(=O)CO3)nc2ccc(N)cn12. The lowest BCUT2D eigenvalue weighted by Crippen LogP contribution is -2.38. The Labute approximate surface area is 182 Å². The van der Waals surface area contributed by atoms with Gasteiger partial charge in [0.1, 0.15) is 11.4 Å². The molecule has 1 saturated heterocycles. The smallest absolute Gasteiger partial charge is 0.264 e. The van der Waals surface area contributed by atoms with Crippen molar-refractivity contribution in [2.24, 2.45) is 0 Å². The maximum atomic E-state index is 12.1. The molecule has 0 radical (unpaired) electrons. The van der Waals surface area contributed by atoms with Crippen LogP contribution >= 0.6 is 0 Å². The van der Waals surface area contributed by atoms with E-state index in [2.05, 4.69) is 16.2 Å². The van der Waals surface area contributed by atoms with E-state index in [0.717, 1.165) is 53.5 Å². The number of likely N-dealkylation sites (N-methyl/N-ethyl adjacent to an activating group) is 1. The summed E-state index contributed by atoms with van der Waals surface area (Å²) in [5.74, 6) is 0.675. The summed E-state index contributed by atoms with van der Waals surface area (Å²) in [6.07, 6.45) is 6.88. The van der Waals surface area contributed by atoms with Gasteiger partial charge in [0.25, 0.3) is 5.91 Å². The molecule has 3 aromatic rings. The Bertz CT molecular complexity index is 1140.